The number of pyridine rings is 1. The normalized spacial score (nSPS) is 14.4. The molecule has 1 amide bonds. The summed E-state index contributed by atoms with van der Waals surface area (Å²) in [4.78, 5) is 17.8. The van der Waals surface area contributed by atoms with Crippen molar-refractivity contribution >= 4 is 28.3 Å². The summed E-state index contributed by atoms with van der Waals surface area (Å²) in [6.07, 6.45) is 9.99. The second kappa shape index (κ2) is 12.8. The molecule has 8 heteroatoms. The number of aromatic nitrogens is 1. The Morgan fingerprint density at radius 3 is 2.43 bits per heavy atom. The first-order valence-electron chi connectivity index (χ1n) is 13.5. The van der Waals surface area contributed by atoms with Crippen LogP contribution < -0.4 is 5.32 Å². The van der Waals surface area contributed by atoms with Crippen LogP contribution >= 0.6 is 0 Å². The first-order chi connectivity index (χ1) is 17.9. The van der Waals surface area contributed by atoms with Gasteiger partial charge in [-0.05, 0) is 43.7 Å². The Balaban J connectivity index is 1.62. The molecule has 1 aliphatic carbocycles. The molecular weight excluding hydrogens is 486 g/mol. The summed E-state index contributed by atoms with van der Waals surface area (Å²) in [5.41, 5.74) is 4.48. The Bertz CT molecular complexity index is 1230. The monoisotopic (exact) mass is 524 g/mol. The third-order valence-electron chi connectivity index (χ3n) is 7.13. The third-order valence-corrected chi connectivity index (χ3v) is 7.86. The van der Waals surface area contributed by atoms with Gasteiger partial charge in [0.05, 0.1) is 23.2 Å². The first-order valence-corrected chi connectivity index (χ1v) is 14.6. The van der Waals surface area contributed by atoms with E-state index in [0.29, 0.717) is 34.9 Å². The van der Waals surface area contributed by atoms with E-state index in [4.69, 9.17) is 9.40 Å². The van der Waals surface area contributed by atoms with Gasteiger partial charge in [-0.1, -0.05) is 75.3 Å². The molecule has 0 saturated heterocycles. The summed E-state index contributed by atoms with van der Waals surface area (Å²) in [6.45, 7) is 4.90. The summed E-state index contributed by atoms with van der Waals surface area (Å²) >= 11 is -2.34. The van der Waals surface area contributed by atoms with Gasteiger partial charge in [0.1, 0.15) is 5.76 Å². The summed E-state index contributed by atoms with van der Waals surface area (Å²) < 4.78 is 31.8. The minimum atomic E-state index is -2.34. The van der Waals surface area contributed by atoms with Crippen LogP contribution in [-0.2, 0) is 17.8 Å². The molecule has 0 aliphatic heterocycles. The molecule has 0 spiro atoms. The largest absolute Gasteiger partial charge is 0.760 e. The summed E-state index contributed by atoms with van der Waals surface area (Å²) in [7, 11) is 1.61. The number of benzene rings is 1. The second-order valence-electron chi connectivity index (χ2n) is 10.1. The topological polar surface area (TPSA) is 98.5 Å². The van der Waals surface area contributed by atoms with Crippen molar-refractivity contribution in [2.24, 2.45) is 0 Å². The highest BCUT2D eigenvalue weighted by atomic mass is 32.2. The number of fused-ring (bicyclic) bond motifs is 1. The van der Waals surface area contributed by atoms with Gasteiger partial charge in [-0.3, -0.25) is 9.00 Å². The lowest BCUT2D eigenvalue weighted by Crippen LogP contribution is -2.27. The van der Waals surface area contributed by atoms with Crippen molar-refractivity contribution in [1.82, 2.24) is 14.6 Å². The van der Waals surface area contributed by atoms with Crippen LogP contribution in [0, 0.1) is 6.92 Å². The lowest BCUT2D eigenvalue weighted by Gasteiger charge is -2.24. The van der Waals surface area contributed by atoms with Crippen LogP contribution in [0.15, 0.2) is 34.7 Å². The lowest BCUT2D eigenvalue weighted by atomic mass is 10.0. The zero-order chi connectivity index (χ0) is 26.4. The lowest BCUT2D eigenvalue weighted by molar-refractivity contribution is 0.0964. The predicted molar refractivity (Wildman–Crippen MR) is 147 cm³/mol. The maximum Gasteiger partial charge on any atom is 0.255 e. The van der Waals surface area contributed by atoms with Crippen LogP contribution in [0.2, 0.25) is 0 Å². The molecular formula is C29H38N3O4S-. The molecule has 4 rings (SSSR count). The zero-order valence-electron chi connectivity index (χ0n) is 22.2. The standard InChI is InChI=1S/C29H39N3O4S/c1-4-5-6-7-8-9-10-17-32(37(34)35)19-25-23(21-15-16-21)18-24-26(28(33)30-3)27(36-29(24)31-25)22-13-11-20(2)12-14-22/h11-14,18,21H,4-10,15-17,19H2,1-3H3,(H,30,33)(H,34,35)/p-1. The smallest absolute Gasteiger partial charge is 0.255 e. The number of nitrogens with zero attached hydrogens (tertiary/aromatic N) is 2. The van der Waals surface area contributed by atoms with Gasteiger partial charge in [0.15, 0.2) is 0 Å². The fourth-order valence-electron chi connectivity index (χ4n) is 4.83. The molecule has 1 aliphatic rings. The van der Waals surface area contributed by atoms with Gasteiger partial charge in [0, 0.05) is 30.4 Å². The van der Waals surface area contributed by atoms with Crippen LogP contribution in [0.5, 0.6) is 0 Å². The highest BCUT2D eigenvalue weighted by molar-refractivity contribution is 7.76. The van der Waals surface area contributed by atoms with Crippen molar-refractivity contribution in [2.45, 2.75) is 84.1 Å². The van der Waals surface area contributed by atoms with E-state index in [0.717, 1.165) is 54.5 Å². The van der Waals surface area contributed by atoms with Gasteiger partial charge < -0.3 is 14.3 Å². The number of carbonyl (C=O) groups is 1. The van der Waals surface area contributed by atoms with Crippen LogP contribution in [0.25, 0.3) is 22.4 Å². The molecule has 3 aromatic rings. The third kappa shape index (κ3) is 6.86. The Hall–Kier alpha value is -2.55. The molecule has 0 bridgehead atoms. The molecule has 2 aromatic heterocycles. The van der Waals surface area contributed by atoms with Crippen LogP contribution in [0.4, 0.5) is 0 Å². The van der Waals surface area contributed by atoms with Crippen LogP contribution in [-0.4, -0.2) is 37.6 Å². The van der Waals surface area contributed by atoms with E-state index in [1.165, 1.54) is 30.0 Å². The number of rotatable bonds is 14. The Morgan fingerprint density at radius 1 is 1.14 bits per heavy atom. The number of nitrogens with one attached hydrogen (secondary N) is 1. The molecule has 1 N–H and O–H groups in total. The van der Waals surface area contributed by atoms with Crippen molar-refractivity contribution < 1.29 is 18.0 Å². The SMILES string of the molecule is CCCCCCCCCN(Cc1nc2oc(-c3ccc(C)cc3)c(C(=O)NC)c2cc1C1CC1)S(=O)[O-]. The first kappa shape index (κ1) is 27.5. The Kier molecular flexibility index (Phi) is 9.51. The highest BCUT2D eigenvalue weighted by Gasteiger charge is 2.31. The van der Waals surface area contributed by atoms with E-state index >= 15 is 0 Å². The van der Waals surface area contributed by atoms with E-state index in [2.05, 4.69) is 12.2 Å². The predicted octanol–water partition coefficient (Wildman–Crippen LogP) is 6.39. The Labute approximate surface area is 222 Å². The van der Waals surface area contributed by atoms with E-state index in [-0.39, 0.29) is 12.5 Å². The fourth-order valence-corrected chi connectivity index (χ4v) is 5.33. The summed E-state index contributed by atoms with van der Waals surface area (Å²) in [5, 5.41) is 3.40. The van der Waals surface area contributed by atoms with E-state index in [9.17, 15) is 13.6 Å². The van der Waals surface area contributed by atoms with Gasteiger partial charge in [-0.15, -0.1) is 0 Å². The van der Waals surface area contributed by atoms with Crippen LogP contribution in [0.1, 0.15) is 97.8 Å². The number of amides is 1. The fraction of sp³-hybridized carbons (Fsp3) is 0.517. The summed E-state index contributed by atoms with van der Waals surface area (Å²) in [6, 6.07) is 9.84. The quantitative estimate of drug-likeness (QED) is 0.195. The molecule has 200 valence electrons. The maximum absolute atomic E-state index is 12.9. The van der Waals surface area contributed by atoms with Gasteiger partial charge in [0.2, 0.25) is 5.71 Å². The van der Waals surface area contributed by atoms with Crippen molar-refractivity contribution in [1.29, 1.82) is 0 Å². The van der Waals surface area contributed by atoms with Crippen molar-refractivity contribution in [2.75, 3.05) is 13.6 Å². The maximum atomic E-state index is 12.9. The minimum Gasteiger partial charge on any atom is -0.760 e. The average Bonchev–Trinajstić information content (AvgIpc) is 3.67. The molecule has 1 aromatic carbocycles. The number of hydrogen-bond acceptors (Lipinski definition) is 5. The van der Waals surface area contributed by atoms with Crippen molar-refractivity contribution in [3.05, 3.63) is 52.7 Å². The number of carbonyl (C=O) groups excluding carboxylic acids is 1. The highest BCUT2D eigenvalue weighted by Crippen LogP contribution is 2.44. The molecule has 2 heterocycles. The van der Waals surface area contributed by atoms with Gasteiger partial charge in [0.25, 0.3) is 5.91 Å². The Morgan fingerprint density at radius 2 is 1.81 bits per heavy atom. The number of unbranched alkanes of at least 4 members (excludes halogenated alkanes) is 6. The molecule has 1 atom stereocenters. The average molecular weight is 525 g/mol. The molecule has 0 radical (unpaired) electrons. The van der Waals surface area contributed by atoms with Crippen LogP contribution in [0.3, 0.4) is 0 Å². The molecule has 1 fully saturated rings. The van der Waals surface area contributed by atoms with Gasteiger partial charge in [-0.25, -0.2) is 9.29 Å². The number of furan rings is 1. The summed E-state index contributed by atoms with van der Waals surface area (Å²) in [5.74, 6) is 0.586. The van der Waals surface area contributed by atoms with E-state index in [1.54, 1.807) is 7.05 Å². The van der Waals surface area contributed by atoms with Crippen molar-refractivity contribution in [3.8, 4) is 11.3 Å². The number of hydrogen-bond donors (Lipinski definition) is 1. The van der Waals surface area contributed by atoms with Gasteiger partial charge in [-0.2, -0.15) is 0 Å². The number of aryl methyl sites for hydroxylation is 1. The zero-order valence-corrected chi connectivity index (χ0v) is 23.0. The van der Waals surface area contributed by atoms with E-state index < -0.39 is 11.3 Å². The van der Waals surface area contributed by atoms with Crippen molar-refractivity contribution in [3.63, 3.8) is 0 Å². The molecule has 1 unspecified atom stereocenters. The minimum absolute atomic E-state index is 0.212. The van der Waals surface area contributed by atoms with Gasteiger partial charge >= 0.3 is 0 Å². The molecule has 7 nitrogen and oxygen atoms in total. The molecule has 37 heavy (non-hydrogen) atoms. The van der Waals surface area contributed by atoms with E-state index in [1.807, 2.05) is 37.3 Å². The second-order valence-corrected chi connectivity index (χ2v) is 11.1. The molecule has 1 saturated carbocycles.